The number of rotatable bonds is 12. The van der Waals surface area contributed by atoms with Gasteiger partial charge in [0.1, 0.15) is 17.6 Å². The van der Waals surface area contributed by atoms with Crippen molar-refractivity contribution < 1.29 is 55.2 Å². The van der Waals surface area contributed by atoms with Crippen LogP contribution in [0.15, 0.2) is 36.4 Å². The summed E-state index contributed by atoms with van der Waals surface area (Å²) in [6.07, 6.45) is 1.11. The van der Waals surface area contributed by atoms with Crippen LogP contribution in [-0.4, -0.2) is 120 Å². The molecule has 15 nitrogen and oxygen atoms in total. The zero-order chi connectivity index (χ0) is 36.1. The predicted octanol–water partition coefficient (Wildman–Crippen LogP) is 3.04. The Kier molecular flexibility index (Phi) is 15.0. The first-order valence-corrected chi connectivity index (χ1v) is 16.3. The summed E-state index contributed by atoms with van der Waals surface area (Å²) >= 11 is 0. The number of nitrogens with zero attached hydrogens (tertiary/aromatic N) is 5. The number of unbranched alkanes of at least 4 members (excludes halogenated alkanes) is 1. The van der Waals surface area contributed by atoms with E-state index in [4.69, 9.17) is 17.7 Å². The van der Waals surface area contributed by atoms with Gasteiger partial charge in [-0.25, -0.2) is 14.8 Å². The molecule has 1 fully saturated rings. The Morgan fingerprint density at radius 2 is 1.62 bits per heavy atom. The van der Waals surface area contributed by atoms with Crippen molar-refractivity contribution in [2.24, 2.45) is 0 Å². The molecule has 2 aromatic rings. The van der Waals surface area contributed by atoms with E-state index in [-0.39, 0.29) is 51.3 Å². The third kappa shape index (κ3) is 12.3. The highest BCUT2D eigenvalue weighted by atomic mass is 32.2. The molecule has 0 bridgehead atoms. The first kappa shape index (κ1) is 39.7. The van der Waals surface area contributed by atoms with Crippen LogP contribution < -0.4 is 10.2 Å². The van der Waals surface area contributed by atoms with Crippen LogP contribution >= 0.6 is 0 Å². The quantitative estimate of drug-likeness (QED) is 0.216. The van der Waals surface area contributed by atoms with E-state index in [0.29, 0.717) is 11.6 Å². The number of nitrogens with one attached hydrogen (secondary N) is 1. The first-order valence-electron chi connectivity index (χ1n) is 14.9. The maximum absolute atomic E-state index is 13.5. The van der Waals surface area contributed by atoms with Gasteiger partial charge < -0.3 is 29.9 Å². The minimum atomic E-state index is -5.84. The molecular weight excluding hydrogens is 665 g/mol. The molecule has 266 valence electrons. The summed E-state index contributed by atoms with van der Waals surface area (Å²) in [4.78, 5) is 64.3. The molecule has 3 N–H and O–H groups in total. The van der Waals surface area contributed by atoms with Gasteiger partial charge in [0.15, 0.2) is 5.82 Å². The lowest BCUT2D eigenvalue weighted by Gasteiger charge is -2.35. The van der Waals surface area contributed by atoms with Crippen LogP contribution in [0.2, 0.25) is 0 Å². The molecule has 48 heavy (non-hydrogen) atoms. The van der Waals surface area contributed by atoms with Gasteiger partial charge in [0, 0.05) is 57.8 Å². The number of aliphatic carboxylic acids is 1. The number of hydrogen-bond donors (Lipinski definition) is 3. The van der Waals surface area contributed by atoms with Gasteiger partial charge in [-0.15, -0.1) is 0 Å². The highest BCUT2D eigenvalue weighted by molar-refractivity contribution is 7.86. The van der Waals surface area contributed by atoms with E-state index in [2.05, 4.69) is 22.2 Å². The van der Waals surface area contributed by atoms with Gasteiger partial charge in [0.25, 0.3) is 5.91 Å². The van der Waals surface area contributed by atoms with E-state index < -0.39 is 45.5 Å². The first-order chi connectivity index (χ1) is 22.5. The molecule has 0 radical (unpaired) electrons. The number of carboxylic acid groups (broad SMARTS) is 1. The van der Waals surface area contributed by atoms with Crippen LogP contribution in [0.1, 0.15) is 50.0 Å². The van der Waals surface area contributed by atoms with E-state index in [1.54, 1.807) is 13.0 Å². The molecule has 1 unspecified atom stereocenters. The molecule has 1 atom stereocenters. The van der Waals surface area contributed by atoms with Gasteiger partial charge >= 0.3 is 27.7 Å². The second-order valence-corrected chi connectivity index (χ2v) is 11.9. The van der Waals surface area contributed by atoms with Crippen molar-refractivity contribution in [3.05, 3.63) is 42.1 Å². The zero-order valence-corrected chi connectivity index (χ0v) is 27.5. The molecule has 1 aromatic heterocycles. The molecule has 0 aliphatic carbocycles. The minimum absolute atomic E-state index is 0.0763. The van der Waals surface area contributed by atoms with Crippen LogP contribution in [0, 0.1) is 0 Å². The maximum atomic E-state index is 13.5. The molecule has 1 saturated heterocycles. The van der Waals surface area contributed by atoms with E-state index >= 15 is 0 Å². The lowest BCUT2D eigenvalue weighted by molar-refractivity contribution is -0.138. The smallest absolute Gasteiger partial charge is 0.481 e. The Morgan fingerprint density at radius 1 is 1.04 bits per heavy atom. The zero-order valence-electron chi connectivity index (χ0n) is 26.6. The Bertz CT molecular complexity index is 1510. The fourth-order valence-corrected chi connectivity index (χ4v) is 4.27. The summed E-state index contributed by atoms with van der Waals surface area (Å²) in [6, 6.07) is 9.79. The van der Waals surface area contributed by atoms with Gasteiger partial charge in [-0.2, -0.15) is 21.6 Å². The molecule has 3 rings (SSSR count). The van der Waals surface area contributed by atoms with Crippen molar-refractivity contribution in [1.29, 1.82) is 0 Å². The Hall–Kier alpha value is -4.52. The van der Waals surface area contributed by atoms with Crippen LogP contribution in [-0.2, 0) is 24.4 Å². The number of carbonyl (C=O) groups is 4. The fourth-order valence-electron chi connectivity index (χ4n) is 4.27. The molecule has 3 amide bonds. The number of alkyl halides is 3. The summed E-state index contributed by atoms with van der Waals surface area (Å²) in [6.45, 7) is 5.86. The third-order valence-electron chi connectivity index (χ3n) is 6.88. The van der Waals surface area contributed by atoms with Crippen LogP contribution in [0.3, 0.4) is 0 Å². The monoisotopic (exact) mass is 704 g/mol. The highest BCUT2D eigenvalue weighted by Crippen LogP contribution is 2.21. The van der Waals surface area contributed by atoms with Crippen LogP contribution in [0.4, 0.5) is 23.8 Å². The normalized spacial score (nSPS) is 13.9. The van der Waals surface area contributed by atoms with Crippen LogP contribution in [0.25, 0.3) is 11.4 Å². The van der Waals surface area contributed by atoms with E-state index in [0.717, 1.165) is 24.9 Å². The lowest BCUT2D eigenvalue weighted by Crippen LogP contribution is -2.56. The second-order valence-electron chi connectivity index (χ2n) is 10.5. The molecular formula is C29H39F3N6O9S. The van der Waals surface area contributed by atoms with Gasteiger partial charge in [0.05, 0.1) is 6.61 Å². The molecule has 0 saturated carbocycles. The number of halogens is 3. The number of amides is 3. The number of aromatic nitrogens is 2. The molecule has 19 heteroatoms. The summed E-state index contributed by atoms with van der Waals surface area (Å²) < 4.78 is 62.6. The van der Waals surface area contributed by atoms with Gasteiger partial charge in [-0.1, -0.05) is 43.7 Å². The number of piperazine rings is 1. The number of carbonyl (C=O) groups excluding carboxylic acids is 3. The number of hydrogen-bond acceptors (Lipinski definition) is 10. The Morgan fingerprint density at radius 3 is 2.15 bits per heavy atom. The summed E-state index contributed by atoms with van der Waals surface area (Å²) in [5.41, 5.74) is -4.72. The molecule has 1 aliphatic heterocycles. The Balaban J connectivity index is 0.000000886. The fraction of sp³-hybridized carbons (Fsp3) is 0.517. The van der Waals surface area contributed by atoms with Crippen molar-refractivity contribution in [3.8, 4) is 11.4 Å². The SMILES string of the molecule is CCCCN(C)c1cc(C(=O)NC(CCC(=O)O)C(=O)N2CCN(C(=O)OCC)CC2)nc(-c2ccccc2)n1.O=S(=O)(O)C(F)(F)F. The Labute approximate surface area is 275 Å². The third-order valence-corrected chi connectivity index (χ3v) is 7.46. The molecule has 2 heterocycles. The number of carboxylic acids is 1. The molecule has 1 aliphatic rings. The average molecular weight is 705 g/mol. The summed E-state index contributed by atoms with van der Waals surface area (Å²) in [5, 5.41) is 12.0. The standard InChI is InChI=1S/C28H38N6O6.CHF3O3S/c1-4-6-14-32(3)23-19-22(29-25(31-23)20-10-8-7-9-11-20)26(37)30-21(12-13-24(35)36)27(38)33-15-17-34(18-16-33)28(39)40-5-2;2-1(3,4)8(5,6)7/h7-11,19,21H,4-6,12-18H2,1-3H3,(H,30,37)(H,35,36);(H,5,6,7). The van der Waals surface area contributed by atoms with Crippen molar-refractivity contribution >= 4 is 39.8 Å². The minimum Gasteiger partial charge on any atom is -0.481 e. The van der Waals surface area contributed by atoms with E-state index in [9.17, 15) is 37.5 Å². The maximum Gasteiger partial charge on any atom is 0.522 e. The van der Waals surface area contributed by atoms with Crippen LogP contribution in [0.5, 0.6) is 0 Å². The average Bonchev–Trinajstić information content (AvgIpc) is 3.04. The lowest BCUT2D eigenvalue weighted by atomic mass is 10.1. The van der Waals surface area contributed by atoms with Crippen molar-refractivity contribution in [2.45, 2.75) is 51.1 Å². The van der Waals surface area contributed by atoms with Gasteiger partial charge in [-0.05, 0) is 19.8 Å². The predicted molar refractivity (Wildman–Crippen MR) is 167 cm³/mol. The van der Waals surface area contributed by atoms with E-state index in [1.807, 2.05) is 42.3 Å². The van der Waals surface area contributed by atoms with Gasteiger partial charge in [0.2, 0.25) is 5.91 Å². The van der Waals surface area contributed by atoms with Crippen molar-refractivity contribution in [3.63, 3.8) is 0 Å². The van der Waals surface area contributed by atoms with E-state index in [1.165, 1.54) is 9.80 Å². The number of anilines is 1. The summed E-state index contributed by atoms with van der Waals surface area (Å²) in [5.74, 6) is -1.15. The topological polar surface area (TPSA) is 200 Å². The molecule has 1 aromatic carbocycles. The van der Waals surface area contributed by atoms with Crippen molar-refractivity contribution in [2.75, 3.05) is 51.3 Å². The van der Waals surface area contributed by atoms with Gasteiger partial charge in [-0.3, -0.25) is 18.9 Å². The second kappa shape index (κ2) is 18.1. The summed E-state index contributed by atoms with van der Waals surface area (Å²) in [7, 11) is -3.95. The number of benzene rings is 1. The molecule has 0 spiro atoms. The largest absolute Gasteiger partial charge is 0.522 e. The van der Waals surface area contributed by atoms with Crippen molar-refractivity contribution in [1.82, 2.24) is 25.1 Å². The number of ether oxygens (including phenoxy) is 1. The highest BCUT2D eigenvalue weighted by Gasteiger charge is 2.44.